The van der Waals surface area contributed by atoms with Gasteiger partial charge in [0.25, 0.3) is 0 Å². The second-order valence-electron chi connectivity index (χ2n) is 14.2. The first-order chi connectivity index (χ1) is 27.3. The Labute approximate surface area is 316 Å². The number of anilines is 3. The SMILES string of the molecule is c1ccc(-n2c3ccccc3c3cc(-c4cccc(-n5c6ccccc6c6c7c(ccc65)-c5cccc6cccc(c56)N7c5ccccn5)n4)ccc32)cc1. The number of aromatic nitrogens is 4. The number of rotatable bonds is 4. The van der Waals surface area contributed by atoms with Crippen molar-refractivity contribution in [1.82, 2.24) is 19.1 Å². The highest BCUT2D eigenvalue weighted by Crippen LogP contribution is 2.54. The van der Waals surface area contributed by atoms with Gasteiger partial charge in [0.05, 0.1) is 39.1 Å². The Bertz CT molecular complexity index is 3320. The van der Waals surface area contributed by atoms with Crippen molar-refractivity contribution in [3.63, 3.8) is 0 Å². The van der Waals surface area contributed by atoms with Crippen LogP contribution in [-0.4, -0.2) is 19.1 Å². The highest BCUT2D eigenvalue weighted by atomic mass is 15.2. The molecule has 0 N–H and O–H groups in total. The van der Waals surface area contributed by atoms with E-state index in [9.17, 15) is 0 Å². The molecule has 12 rings (SSSR count). The van der Waals surface area contributed by atoms with Crippen LogP contribution >= 0.6 is 0 Å². The first-order valence-corrected chi connectivity index (χ1v) is 18.7. The van der Waals surface area contributed by atoms with Crippen LogP contribution in [0.4, 0.5) is 17.2 Å². The van der Waals surface area contributed by atoms with E-state index < -0.39 is 0 Å². The lowest BCUT2D eigenvalue weighted by Gasteiger charge is -2.33. The number of hydrogen-bond donors (Lipinski definition) is 0. The van der Waals surface area contributed by atoms with Gasteiger partial charge in [0.1, 0.15) is 11.6 Å². The van der Waals surface area contributed by atoms with Crippen molar-refractivity contribution in [3.05, 3.63) is 188 Å². The zero-order chi connectivity index (χ0) is 36.0. The Morgan fingerprint density at radius 2 is 1.13 bits per heavy atom. The molecule has 0 unspecified atom stereocenters. The van der Waals surface area contributed by atoms with Crippen molar-refractivity contribution in [1.29, 1.82) is 0 Å². The fourth-order valence-electron chi connectivity index (χ4n) is 9.01. The molecule has 0 saturated heterocycles. The van der Waals surface area contributed by atoms with Gasteiger partial charge in [0.2, 0.25) is 0 Å². The summed E-state index contributed by atoms with van der Waals surface area (Å²) in [5, 5.41) is 7.23. The van der Waals surface area contributed by atoms with E-state index in [1.807, 2.05) is 12.3 Å². The van der Waals surface area contributed by atoms with E-state index in [0.717, 1.165) is 51.0 Å². The molecule has 0 saturated carbocycles. The molecule has 0 atom stereocenters. The fraction of sp³-hybridized carbons (Fsp3) is 0. The van der Waals surface area contributed by atoms with E-state index in [-0.39, 0.29) is 0 Å². The van der Waals surface area contributed by atoms with Crippen LogP contribution in [0.15, 0.2) is 188 Å². The van der Waals surface area contributed by atoms with Gasteiger partial charge in [-0.15, -0.1) is 0 Å². The van der Waals surface area contributed by atoms with E-state index in [1.165, 1.54) is 54.5 Å². The summed E-state index contributed by atoms with van der Waals surface area (Å²) in [4.78, 5) is 12.7. The van der Waals surface area contributed by atoms with E-state index >= 15 is 0 Å². The van der Waals surface area contributed by atoms with Crippen LogP contribution < -0.4 is 4.90 Å². The Balaban J connectivity index is 1.09. The number of para-hydroxylation sites is 3. The molecule has 1 aliphatic rings. The molecule has 0 spiro atoms. The molecule has 11 aromatic rings. The largest absolute Gasteiger partial charge is 0.309 e. The lowest BCUT2D eigenvalue weighted by Crippen LogP contribution is -2.16. The third-order valence-electron chi connectivity index (χ3n) is 11.3. The van der Waals surface area contributed by atoms with Crippen LogP contribution in [0.5, 0.6) is 0 Å². The number of pyridine rings is 2. The molecule has 0 radical (unpaired) electrons. The van der Waals surface area contributed by atoms with Crippen molar-refractivity contribution in [2.24, 2.45) is 0 Å². The number of hydrogen-bond acceptors (Lipinski definition) is 3. The number of fused-ring (bicyclic) bond motifs is 9. The summed E-state index contributed by atoms with van der Waals surface area (Å²) in [5.41, 5.74) is 12.4. The number of nitrogens with zero attached hydrogens (tertiary/aromatic N) is 5. The highest BCUT2D eigenvalue weighted by molar-refractivity contribution is 6.24. The Hall–Kier alpha value is -7.50. The molecule has 7 aromatic carbocycles. The van der Waals surface area contributed by atoms with Crippen molar-refractivity contribution in [3.8, 4) is 33.9 Å². The minimum Gasteiger partial charge on any atom is -0.309 e. The second kappa shape index (κ2) is 11.5. The third kappa shape index (κ3) is 4.29. The molecule has 0 amide bonds. The summed E-state index contributed by atoms with van der Waals surface area (Å²) in [5.74, 6) is 1.76. The van der Waals surface area contributed by atoms with Crippen LogP contribution in [0.3, 0.4) is 0 Å². The molecule has 0 fully saturated rings. The van der Waals surface area contributed by atoms with Crippen molar-refractivity contribution in [2.75, 3.05) is 4.90 Å². The molecule has 0 bridgehead atoms. The predicted molar refractivity (Wildman–Crippen MR) is 227 cm³/mol. The minimum absolute atomic E-state index is 0.873. The maximum absolute atomic E-state index is 5.42. The maximum Gasteiger partial charge on any atom is 0.138 e. The lowest BCUT2D eigenvalue weighted by atomic mass is 9.89. The van der Waals surface area contributed by atoms with Crippen molar-refractivity contribution < 1.29 is 0 Å². The Morgan fingerprint density at radius 1 is 0.418 bits per heavy atom. The Morgan fingerprint density at radius 3 is 1.98 bits per heavy atom. The van der Waals surface area contributed by atoms with E-state index in [4.69, 9.17) is 9.97 Å². The van der Waals surface area contributed by atoms with Gasteiger partial charge in [0, 0.05) is 49.9 Å². The van der Waals surface area contributed by atoms with Gasteiger partial charge in [-0.1, -0.05) is 109 Å². The minimum atomic E-state index is 0.873. The quantitative estimate of drug-likeness (QED) is 0.183. The topological polar surface area (TPSA) is 38.9 Å². The monoisotopic (exact) mass is 701 g/mol. The molecule has 0 aliphatic carbocycles. The molecular weight excluding hydrogens is 671 g/mol. The number of benzene rings is 7. The molecule has 4 aromatic heterocycles. The van der Waals surface area contributed by atoms with Crippen LogP contribution in [0, 0.1) is 0 Å². The van der Waals surface area contributed by atoms with Gasteiger partial charge in [0.15, 0.2) is 0 Å². The molecule has 55 heavy (non-hydrogen) atoms. The maximum atomic E-state index is 5.42. The average Bonchev–Trinajstić information content (AvgIpc) is 3.77. The standard InChI is InChI=1S/C50H31N5/c1-2-15-34(16-3-1)53-41-21-6-4-17-35(41)39-31-33(26-28-43(39)53)40-20-12-25-47(52-40)54-42-22-7-5-18-38(42)49-45(54)29-27-37-36-19-10-13-32-14-11-23-44(48(32)36)55(50(37)49)46-24-8-9-30-51-46/h1-31H. The second-order valence-corrected chi connectivity index (χ2v) is 14.2. The summed E-state index contributed by atoms with van der Waals surface area (Å²) in [6.07, 6.45) is 1.88. The van der Waals surface area contributed by atoms with Crippen LogP contribution in [0.2, 0.25) is 0 Å². The third-order valence-corrected chi connectivity index (χ3v) is 11.3. The van der Waals surface area contributed by atoms with Crippen LogP contribution in [0.1, 0.15) is 0 Å². The van der Waals surface area contributed by atoms with Gasteiger partial charge < -0.3 is 4.57 Å². The summed E-state index contributed by atoms with van der Waals surface area (Å²) in [6, 6.07) is 65.0. The Kier molecular flexibility index (Phi) is 6.27. The molecule has 5 heterocycles. The van der Waals surface area contributed by atoms with Gasteiger partial charge in [-0.05, 0) is 83.7 Å². The summed E-state index contributed by atoms with van der Waals surface area (Å²) < 4.78 is 4.68. The average molecular weight is 702 g/mol. The van der Waals surface area contributed by atoms with Crippen LogP contribution in [-0.2, 0) is 0 Å². The first kappa shape index (κ1) is 30.0. The van der Waals surface area contributed by atoms with Gasteiger partial charge in [-0.3, -0.25) is 9.47 Å². The lowest BCUT2D eigenvalue weighted by molar-refractivity contribution is 1.08. The first-order valence-electron chi connectivity index (χ1n) is 18.7. The van der Waals surface area contributed by atoms with Gasteiger partial charge in [-0.25, -0.2) is 9.97 Å². The smallest absolute Gasteiger partial charge is 0.138 e. The molecule has 1 aliphatic heterocycles. The molecule has 5 heteroatoms. The van der Waals surface area contributed by atoms with Crippen molar-refractivity contribution >= 4 is 71.6 Å². The van der Waals surface area contributed by atoms with Crippen molar-refractivity contribution in [2.45, 2.75) is 0 Å². The summed E-state index contributed by atoms with van der Waals surface area (Å²) in [7, 11) is 0. The zero-order valence-corrected chi connectivity index (χ0v) is 29.6. The van der Waals surface area contributed by atoms with E-state index in [0.29, 0.717) is 0 Å². The molecule has 5 nitrogen and oxygen atoms in total. The summed E-state index contributed by atoms with van der Waals surface area (Å²) in [6.45, 7) is 0. The zero-order valence-electron chi connectivity index (χ0n) is 29.6. The molecule has 256 valence electrons. The van der Waals surface area contributed by atoms with E-state index in [1.54, 1.807) is 0 Å². The normalized spacial score (nSPS) is 12.3. The predicted octanol–water partition coefficient (Wildman–Crippen LogP) is 12.9. The molecular formula is C50H31N5. The van der Waals surface area contributed by atoms with Crippen LogP contribution in [0.25, 0.3) is 88.3 Å². The fourth-order valence-corrected chi connectivity index (χ4v) is 9.01. The van der Waals surface area contributed by atoms with Gasteiger partial charge >= 0.3 is 0 Å². The van der Waals surface area contributed by atoms with E-state index in [2.05, 4.69) is 190 Å². The van der Waals surface area contributed by atoms with Gasteiger partial charge in [-0.2, -0.15) is 0 Å². The highest BCUT2D eigenvalue weighted by Gasteiger charge is 2.30. The summed E-state index contributed by atoms with van der Waals surface area (Å²) >= 11 is 0.